The summed E-state index contributed by atoms with van der Waals surface area (Å²) >= 11 is 1.42. The summed E-state index contributed by atoms with van der Waals surface area (Å²) in [4.78, 5) is 28.2. The van der Waals surface area contributed by atoms with Gasteiger partial charge in [-0.15, -0.1) is 11.3 Å². The van der Waals surface area contributed by atoms with Gasteiger partial charge in [-0.3, -0.25) is 9.69 Å². The van der Waals surface area contributed by atoms with Crippen LogP contribution in [0.3, 0.4) is 0 Å². The normalized spacial score (nSPS) is 15.5. The van der Waals surface area contributed by atoms with Crippen molar-refractivity contribution in [2.24, 2.45) is 5.92 Å². The molecular formula is C21H26N2O3S. The molecule has 1 aromatic carbocycles. The predicted octanol–water partition coefficient (Wildman–Crippen LogP) is 4.18. The standard InChI is InChI=1S/C21H26N2O3S/c1-14-9-11-23(12-10-14)13-17(24)22-20-19(21(25)26-3)18(15(2)27-20)16-7-5-4-6-8-16/h4-8,14H,9-13H2,1-3H3,(H,22,24). The molecule has 1 aliphatic rings. The Kier molecular flexibility index (Phi) is 6.29. The molecule has 1 amide bonds. The second-order valence-corrected chi connectivity index (χ2v) is 8.33. The van der Waals surface area contributed by atoms with Crippen molar-refractivity contribution in [2.45, 2.75) is 26.7 Å². The van der Waals surface area contributed by atoms with Crippen LogP contribution in [-0.2, 0) is 9.53 Å². The van der Waals surface area contributed by atoms with Crippen LogP contribution in [-0.4, -0.2) is 43.5 Å². The Bertz CT molecular complexity index is 808. The Morgan fingerprint density at radius 1 is 1.22 bits per heavy atom. The summed E-state index contributed by atoms with van der Waals surface area (Å²) in [5.41, 5.74) is 2.21. The van der Waals surface area contributed by atoms with Crippen molar-refractivity contribution in [3.63, 3.8) is 0 Å². The van der Waals surface area contributed by atoms with E-state index >= 15 is 0 Å². The van der Waals surface area contributed by atoms with Gasteiger partial charge in [0.2, 0.25) is 5.91 Å². The van der Waals surface area contributed by atoms with Crippen LogP contribution < -0.4 is 5.32 Å². The number of hydrogen-bond donors (Lipinski definition) is 1. The molecule has 1 fully saturated rings. The molecule has 5 nitrogen and oxygen atoms in total. The summed E-state index contributed by atoms with van der Waals surface area (Å²) in [5, 5.41) is 3.52. The SMILES string of the molecule is COC(=O)c1c(NC(=O)CN2CCC(C)CC2)sc(C)c1-c1ccccc1. The largest absolute Gasteiger partial charge is 0.465 e. The van der Waals surface area contributed by atoms with Crippen molar-refractivity contribution >= 4 is 28.2 Å². The molecule has 1 aromatic heterocycles. The minimum atomic E-state index is -0.430. The Hall–Kier alpha value is -2.18. The van der Waals surface area contributed by atoms with Crippen LogP contribution in [0.25, 0.3) is 11.1 Å². The van der Waals surface area contributed by atoms with Gasteiger partial charge in [0.15, 0.2) is 0 Å². The van der Waals surface area contributed by atoms with E-state index in [0.717, 1.165) is 47.9 Å². The van der Waals surface area contributed by atoms with Crippen molar-refractivity contribution in [3.05, 3.63) is 40.8 Å². The number of rotatable bonds is 5. The van der Waals surface area contributed by atoms with Crippen LogP contribution in [0.4, 0.5) is 5.00 Å². The first-order valence-electron chi connectivity index (χ1n) is 9.29. The molecule has 0 saturated carbocycles. The Morgan fingerprint density at radius 3 is 2.52 bits per heavy atom. The van der Waals surface area contributed by atoms with Gasteiger partial charge < -0.3 is 10.1 Å². The number of hydrogen-bond acceptors (Lipinski definition) is 5. The molecule has 1 N–H and O–H groups in total. The predicted molar refractivity (Wildman–Crippen MR) is 109 cm³/mol. The van der Waals surface area contributed by atoms with Crippen molar-refractivity contribution < 1.29 is 14.3 Å². The third-order valence-corrected chi connectivity index (χ3v) is 6.05. The zero-order valence-corrected chi connectivity index (χ0v) is 16.9. The molecule has 0 atom stereocenters. The lowest BCUT2D eigenvalue weighted by Gasteiger charge is -2.29. The Morgan fingerprint density at radius 2 is 1.89 bits per heavy atom. The zero-order chi connectivity index (χ0) is 19.4. The number of aryl methyl sites for hydroxylation is 1. The number of esters is 1. The number of thiophene rings is 1. The molecule has 27 heavy (non-hydrogen) atoms. The van der Waals surface area contributed by atoms with E-state index in [4.69, 9.17) is 4.74 Å². The number of anilines is 1. The van der Waals surface area contributed by atoms with Gasteiger partial charge in [0.1, 0.15) is 10.6 Å². The van der Waals surface area contributed by atoms with E-state index in [1.54, 1.807) is 0 Å². The lowest BCUT2D eigenvalue weighted by Crippen LogP contribution is -2.38. The molecule has 1 aliphatic heterocycles. The smallest absolute Gasteiger partial charge is 0.341 e. The summed E-state index contributed by atoms with van der Waals surface area (Å²) in [6, 6.07) is 9.72. The van der Waals surface area contributed by atoms with Crippen LogP contribution in [0.15, 0.2) is 30.3 Å². The summed E-state index contributed by atoms with van der Waals surface area (Å²) in [6.07, 6.45) is 2.24. The van der Waals surface area contributed by atoms with Crippen molar-refractivity contribution in [2.75, 3.05) is 32.1 Å². The molecule has 1 saturated heterocycles. The van der Waals surface area contributed by atoms with E-state index < -0.39 is 5.97 Å². The van der Waals surface area contributed by atoms with Crippen molar-refractivity contribution in [1.29, 1.82) is 0 Å². The lowest BCUT2D eigenvalue weighted by molar-refractivity contribution is -0.117. The summed E-state index contributed by atoms with van der Waals surface area (Å²) < 4.78 is 5.00. The minimum absolute atomic E-state index is 0.0874. The summed E-state index contributed by atoms with van der Waals surface area (Å²) in [6.45, 7) is 6.44. The molecule has 0 spiro atoms. The Balaban J connectivity index is 1.83. The highest BCUT2D eigenvalue weighted by Crippen LogP contribution is 2.40. The van der Waals surface area contributed by atoms with Gasteiger partial charge in [0, 0.05) is 10.4 Å². The second kappa shape index (κ2) is 8.67. The third-order valence-electron chi connectivity index (χ3n) is 5.03. The molecule has 2 heterocycles. The highest BCUT2D eigenvalue weighted by molar-refractivity contribution is 7.17. The first kappa shape index (κ1) is 19.6. The average Bonchev–Trinajstić information content (AvgIpc) is 2.99. The van der Waals surface area contributed by atoms with Crippen molar-refractivity contribution in [1.82, 2.24) is 4.90 Å². The van der Waals surface area contributed by atoms with Crippen molar-refractivity contribution in [3.8, 4) is 11.1 Å². The maximum atomic E-state index is 12.6. The summed E-state index contributed by atoms with van der Waals surface area (Å²) in [7, 11) is 1.37. The number of piperidine rings is 1. The molecule has 2 aromatic rings. The number of nitrogens with one attached hydrogen (secondary N) is 1. The maximum Gasteiger partial charge on any atom is 0.341 e. The monoisotopic (exact) mass is 386 g/mol. The number of carbonyl (C=O) groups is 2. The van der Waals surface area contributed by atoms with Gasteiger partial charge in [0.05, 0.1) is 13.7 Å². The topological polar surface area (TPSA) is 58.6 Å². The molecule has 6 heteroatoms. The van der Waals surface area contributed by atoms with Crippen LogP contribution in [0, 0.1) is 12.8 Å². The quantitative estimate of drug-likeness (QED) is 0.783. The molecule has 0 unspecified atom stereocenters. The molecule has 0 bridgehead atoms. The first-order chi connectivity index (χ1) is 13.0. The number of ether oxygens (including phenoxy) is 1. The number of nitrogens with zero attached hydrogens (tertiary/aromatic N) is 1. The van der Waals surface area contributed by atoms with Gasteiger partial charge in [-0.1, -0.05) is 37.3 Å². The molecule has 3 rings (SSSR count). The van der Waals surface area contributed by atoms with E-state index in [0.29, 0.717) is 17.1 Å². The van der Waals surface area contributed by atoms with Gasteiger partial charge in [-0.25, -0.2) is 4.79 Å². The lowest BCUT2D eigenvalue weighted by atomic mass is 9.99. The number of benzene rings is 1. The fourth-order valence-electron chi connectivity index (χ4n) is 3.47. The highest BCUT2D eigenvalue weighted by atomic mass is 32.1. The highest BCUT2D eigenvalue weighted by Gasteiger charge is 2.26. The zero-order valence-electron chi connectivity index (χ0n) is 16.1. The molecule has 0 radical (unpaired) electrons. The Labute approximate surface area is 164 Å². The second-order valence-electron chi connectivity index (χ2n) is 7.10. The van der Waals surface area contributed by atoms with Crippen LogP contribution in [0.1, 0.15) is 35.0 Å². The van der Waals surface area contributed by atoms with Crippen LogP contribution in [0.5, 0.6) is 0 Å². The van der Waals surface area contributed by atoms with Crippen LogP contribution >= 0.6 is 11.3 Å². The van der Waals surface area contributed by atoms with E-state index in [9.17, 15) is 9.59 Å². The average molecular weight is 387 g/mol. The van der Waals surface area contributed by atoms with E-state index in [1.807, 2.05) is 37.3 Å². The summed E-state index contributed by atoms with van der Waals surface area (Å²) in [5.74, 6) is 0.208. The van der Waals surface area contributed by atoms with Gasteiger partial charge in [-0.2, -0.15) is 0 Å². The molecule has 0 aliphatic carbocycles. The number of likely N-dealkylation sites (tertiary alicyclic amines) is 1. The fraction of sp³-hybridized carbons (Fsp3) is 0.429. The maximum absolute atomic E-state index is 12.6. The van der Waals surface area contributed by atoms with Gasteiger partial charge in [-0.05, 0) is 44.3 Å². The van der Waals surface area contributed by atoms with Gasteiger partial charge >= 0.3 is 5.97 Å². The number of amides is 1. The molecular weight excluding hydrogens is 360 g/mol. The van der Waals surface area contributed by atoms with E-state index in [1.165, 1.54) is 18.4 Å². The van der Waals surface area contributed by atoms with Gasteiger partial charge in [0.25, 0.3) is 0 Å². The molecule has 144 valence electrons. The first-order valence-corrected chi connectivity index (χ1v) is 10.1. The minimum Gasteiger partial charge on any atom is -0.465 e. The third kappa shape index (κ3) is 4.57. The number of carbonyl (C=O) groups excluding carboxylic acids is 2. The number of methoxy groups -OCH3 is 1. The fourth-order valence-corrected chi connectivity index (χ4v) is 4.55. The van der Waals surface area contributed by atoms with Crippen LogP contribution in [0.2, 0.25) is 0 Å². The van der Waals surface area contributed by atoms with E-state index in [2.05, 4.69) is 17.1 Å². The van der Waals surface area contributed by atoms with E-state index in [-0.39, 0.29) is 5.91 Å².